The van der Waals surface area contributed by atoms with Crippen molar-refractivity contribution < 1.29 is 14.6 Å². The fourth-order valence-electron chi connectivity index (χ4n) is 0.985. The summed E-state index contributed by atoms with van der Waals surface area (Å²) in [4.78, 5) is 11.3. The molecule has 1 N–H and O–H groups in total. The summed E-state index contributed by atoms with van der Waals surface area (Å²) in [7, 11) is 0. The maximum Gasteiger partial charge on any atom is 0.334 e. The first-order valence-corrected chi connectivity index (χ1v) is 4.50. The fraction of sp³-hybridized carbons (Fsp3) is 0.700. The molecule has 0 amide bonds. The second-order valence-corrected chi connectivity index (χ2v) is 3.28. The van der Waals surface area contributed by atoms with E-state index in [0.717, 1.165) is 5.57 Å². The van der Waals surface area contributed by atoms with Gasteiger partial charge in [0.15, 0.2) is 0 Å². The molecule has 1 atom stereocenters. The summed E-state index contributed by atoms with van der Waals surface area (Å²) in [5, 5.41) is 8.90. The standard InChI is InChI=1S/C10H18O3/c1-5-9(7(2)3)10(12)13-6-8(4)11/h8,11H,5-6H2,1-4H3. The number of carbonyl (C=O) groups excluding carboxylic acids is 1. The van der Waals surface area contributed by atoms with E-state index in [1.165, 1.54) is 0 Å². The zero-order valence-corrected chi connectivity index (χ0v) is 8.76. The van der Waals surface area contributed by atoms with E-state index >= 15 is 0 Å². The van der Waals surface area contributed by atoms with Crippen LogP contribution in [0.1, 0.15) is 34.1 Å². The Labute approximate surface area is 79.4 Å². The Morgan fingerprint density at radius 2 is 2.00 bits per heavy atom. The molecule has 0 radical (unpaired) electrons. The highest BCUT2D eigenvalue weighted by atomic mass is 16.5. The van der Waals surface area contributed by atoms with Gasteiger partial charge in [-0.25, -0.2) is 4.79 Å². The number of carbonyl (C=O) groups is 1. The maximum atomic E-state index is 11.3. The van der Waals surface area contributed by atoms with Crippen LogP contribution in [0.4, 0.5) is 0 Å². The number of rotatable bonds is 4. The molecule has 0 aromatic rings. The van der Waals surface area contributed by atoms with Gasteiger partial charge in [0.25, 0.3) is 0 Å². The van der Waals surface area contributed by atoms with Crippen molar-refractivity contribution in [2.24, 2.45) is 0 Å². The Bertz CT molecular complexity index is 200. The Hall–Kier alpha value is -0.830. The molecule has 0 saturated carbocycles. The lowest BCUT2D eigenvalue weighted by Gasteiger charge is -2.09. The molecule has 0 bridgehead atoms. The third-order valence-corrected chi connectivity index (χ3v) is 1.66. The SMILES string of the molecule is CCC(C(=O)OCC(C)O)=C(C)C. The molecule has 0 aliphatic carbocycles. The number of esters is 1. The molecule has 0 saturated heterocycles. The van der Waals surface area contributed by atoms with Gasteiger partial charge in [0.2, 0.25) is 0 Å². The highest BCUT2D eigenvalue weighted by molar-refractivity contribution is 5.89. The Balaban J connectivity index is 4.17. The predicted octanol–water partition coefficient (Wildman–Crippen LogP) is 1.66. The third kappa shape index (κ3) is 4.68. The number of hydrogen-bond acceptors (Lipinski definition) is 3. The van der Waals surface area contributed by atoms with Gasteiger partial charge in [-0.15, -0.1) is 0 Å². The molecule has 3 nitrogen and oxygen atoms in total. The largest absolute Gasteiger partial charge is 0.460 e. The van der Waals surface area contributed by atoms with Crippen LogP contribution in [0, 0.1) is 0 Å². The average molecular weight is 186 g/mol. The minimum absolute atomic E-state index is 0.0651. The third-order valence-electron chi connectivity index (χ3n) is 1.66. The molecule has 76 valence electrons. The van der Waals surface area contributed by atoms with E-state index < -0.39 is 6.10 Å². The van der Waals surface area contributed by atoms with Crippen molar-refractivity contribution in [3.63, 3.8) is 0 Å². The monoisotopic (exact) mass is 186 g/mol. The highest BCUT2D eigenvalue weighted by Crippen LogP contribution is 2.09. The molecule has 3 heteroatoms. The van der Waals surface area contributed by atoms with Crippen molar-refractivity contribution in [3.8, 4) is 0 Å². The van der Waals surface area contributed by atoms with E-state index in [1.54, 1.807) is 6.92 Å². The molecule has 0 spiro atoms. The number of ether oxygens (including phenoxy) is 1. The van der Waals surface area contributed by atoms with E-state index in [1.807, 2.05) is 20.8 Å². The summed E-state index contributed by atoms with van der Waals surface area (Å²) in [6.45, 7) is 7.31. The summed E-state index contributed by atoms with van der Waals surface area (Å²) in [5.74, 6) is -0.316. The van der Waals surface area contributed by atoms with Crippen LogP contribution in [-0.2, 0) is 9.53 Å². The van der Waals surface area contributed by atoms with Crippen molar-refractivity contribution >= 4 is 5.97 Å². The summed E-state index contributed by atoms with van der Waals surface area (Å²) in [6.07, 6.45) is 0.0697. The highest BCUT2D eigenvalue weighted by Gasteiger charge is 2.11. The van der Waals surface area contributed by atoms with Crippen molar-refractivity contribution in [1.29, 1.82) is 0 Å². The van der Waals surface area contributed by atoms with Gasteiger partial charge < -0.3 is 9.84 Å². The first kappa shape index (κ1) is 12.2. The van der Waals surface area contributed by atoms with Gasteiger partial charge in [0.1, 0.15) is 6.61 Å². The van der Waals surface area contributed by atoms with Gasteiger partial charge >= 0.3 is 5.97 Å². The van der Waals surface area contributed by atoms with Crippen LogP contribution in [-0.4, -0.2) is 23.8 Å². The summed E-state index contributed by atoms with van der Waals surface area (Å²) < 4.78 is 4.87. The van der Waals surface area contributed by atoms with Gasteiger partial charge in [-0.3, -0.25) is 0 Å². The number of aliphatic hydroxyl groups excluding tert-OH is 1. The van der Waals surface area contributed by atoms with E-state index in [-0.39, 0.29) is 12.6 Å². The second kappa shape index (κ2) is 5.75. The first-order chi connectivity index (χ1) is 5.99. The van der Waals surface area contributed by atoms with Gasteiger partial charge in [-0.1, -0.05) is 12.5 Å². The Morgan fingerprint density at radius 3 is 2.31 bits per heavy atom. The van der Waals surface area contributed by atoms with Crippen LogP contribution < -0.4 is 0 Å². The second-order valence-electron chi connectivity index (χ2n) is 3.28. The average Bonchev–Trinajstić information content (AvgIpc) is 2.01. The lowest BCUT2D eigenvalue weighted by atomic mass is 10.1. The van der Waals surface area contributed by atoms with Crippen molar-refractivity contribution in [2.45, 2.75) is 40.2 Å². The topological polar surface area (TPSA) is 46.5 Å². The van der Waals surface area contributed by atoms with E-state index in [9.17, 15) is 4.79 Å². The number of hydrogen-bond donors (Lipinski definition) is 1. The molecular weight excluding hydrogens is 168 g/mol. The van der Waals surface area contributed by atoms with Gasteiger partial charge in [-0.2, -0.15) is 0 Å². The molecule has 0 aromatic carbocycles. The van der Waals surface area contributed by atoms with E-state index in [0.29, 0.717) is 12.0 Å². The molecule has 0 aromatic heterocycles. The molecule has 0 aliphatic heterocycles. The van der Waals surface area contributed by atoms with Crippen LogP contribution in [0.25, 0.3) is 0 Å². The van der Waals surface area contributed by atoms with Crippen LogP contribution >= 0.6 is 0 Å². The minimum atomic E-state index is -0.598. The fourth-order valence-corrected chi connectivity index (χ4v) is 0.985. The smallest absolute Gasteiger partial charge is 0.334 e. The molecule has 0 rings (SSSR count). The van der Waals surface area contributed by atoms with Crippen molar-refractivity contribution in [1.82, 2.24) is 0 Å². The number of aliphatic hydroxyl groups is 1. The van der Waals surface area contributed by atoms with Crippen molar-refractivity contribution in [2.75, 3.05) is 6.61 Å². The van der Waals surface area contributed by atoms with Crippen molar-refractivity contribution in [3.05, 3.63) is 11.1 Å². The molecule has 0 fully saturated rings. The van der Waals surface area contributed by atoms with E-state index in [4.69, 9.17) is 9.84 Å². The summed E-state index contributed by atoms with van der Waals surface area (Å²) in [6, 6.07) is 0. The summed E-state index contributed by atoms with van der Waals surface area (Å²) >= 11 is 0. The van der Waals surface area contributed by atoms with E-state index in [2.05, 4.69) is 0 Å². The molecular formula is C10H18O3. The molecule has 13 heavy (non-hydrogen) atoms. The Morgan fingerprint density at radius 1 is 1.46 bits per heavy atom. The normalized spacial score (nSPS) is 12.1. The van der Waals surface area contributed by atoms with Gasteiger partial charge in [0, 0.05) is 5.57 Å². The van der Waals surface area contributed by atoms with Crippen LogP contribution in [0.3, 0.4) is 0 Å². The zero-order chi connectivity index (χ0) is 10.4. The molecule has 1 unspecified atom stereocenters. The molecule has 0 aliphatic rings. The predicted molar refractivity (Wildman–Crippen MR) is 51.3 cm³/mol. The van der Waals surface area contributed by atoms with Crippen LogP contribution in [0.2, 0.25) is 0 Å². The quantitative estimate of drug-likeness (QED) is 0.536. The lowest BCUT2D eigenvalue weighted by molar-refractivity contribution is -0.141. The molecule has 0 heterocycles. The van der Waals surface area contributed by atoms with Crippen LogP contribution in [0.5, 0.6) is 0 Å². The Kier molecular flexibility index (Phi) is 5.39. The minimum Gasteiger partial charge on any atom is -0.460 e. The summed E-state index contributed by atoms with van der Waals surface area (Å²) in [5.41, 5.74) is 1.67. The lowest BCUT2D eigenvalue weighted by Crippen LogP contribution is -2.17. The van der Waals surface area contributed by atoms with Gasteiger partial charge in [-0.05, 0) is 27.2 Å². The van der Waals surface area contributed by atoms with Gasteiger partial charge in [0.05, 0.1) is 6.10 Å². The maximum absolute atomic E-state index is 11.3. The first-order valence-electron chi connectivity index (χ1n) is 4.50. The number of allylic oxidation sites excluding steroid dienone is 1. The van der Waals surface area contributed by atoms with Crippen LogP contribution in [0.15, 0.2) is 11.1 Å². The zero-order valence-electron chi connectivity index (χ0n) is 8.76.